The monoisotopic (exact) mass is 229 g/mol. The number of nitrogens with one attached hydrogen (secondary N) is 1. The van der Waals surface area contributed by atoms with Crippen molar-refractivity contribution in [2.24, 2.45) is 0 Å². The lowest BCUT2D eigenvalue weighted by Gasteiger charge is -2.15. The van der Waals surface area contributed by atoms with Gasteiger partial charge >= 0.3 is 0 Å². The molecule has 0 saturated carbocycles. The molecule has 0 aromatic carbocycles. The predicted octanol–water partition coefficient (Wildman–Crippen LogP) is 2.75. The standard InChI is InChI=1S/C14H19N3/c1-3-17-10-4-5-14(17)11-16-12(2)13-6-8-15-9-7-13/h4-10,12,16H,3,11H2,1-2H3. The first-order chi connectivity index (χ1) is 8.31. The van der Waals surface area contributed by atoms with Crippen LogP contribution >= 0.6 is 0 Å². The molecule has 0 aliphatic heterocycles. The molecule has 90 valence electrons. The number of rotatable bonds is 5. The Labute approximate surface area is 103 Å². The zero-order valence-electron chi connectivity index (χ0n) is 10.4. The van der Waals surface area contributed by atoms with E-state index in [0.29, 0.717) is 6.04 Å². The highest BCUT2D eigenvalue weighted by Crippen LogP contribution is 2.11. The summed E-state index contributed by atoms with van der Waals surface area (Å²) < 4.78 is 2.26. The molecule has 3 nitrogen and oxygen atoms in total. The summed E-state index contributed by atoms with van der Waals surface area (Å²) in [6, 6.07) is 8.71. The first-order valence-corrected chi connectivity index (χ1v) is 6.08. The molecule has 0 fully saturated rings. The Hall–Kier alpha value is -1.61. The molecular weight excluding hydrogens is 210 g/mol. The van der Waals surface area contributed by atoms with Crippen molar-refractivity contribution in [1.82, 2.24) is 14.9 Å². The van der Waals surface area contributed by atoms with Gasteiger partial charge in [-0.2, -0.15) is 0 Å². The minimum absolute atomic E-state index is 0.346. The average molecular weight is 229 g/mol. The van der Waals surface area contributed by atoms with Gasteiger partial charge in [0, 0.05) is 43.4 Å². The molecular formula is C14H19N3. The lowest BCUT2D eigenvalue weighted by atomic mass is 10.1. The Morgan fingerprint density at radius 1 is 1.29 bits per heavy atom. The van der Waals surface area contributed by atoms with Crippen LogP contribution in [0.2, 0.25) is 0 Å². The molecule has 0 spiro atoms. The van der Waals surface area contributed by atoms with Crippen LogP contribution in [0.15, 0.2) is 42.9 Å². The van der Waals surface area contributed by atoms with Gasteiger partial charge in [-0.05, 0) is 43.7 Å². The van der Waals surface area contributed by atoms with E-state index in [0.717, 1.165) is 13.1 Å². The van der Waals surface area contributed by atoms with Gasteiger partial charge in [0.05, 0.1) is 0 Å². The van der Waals surface area contributed by atoms with Crippen LogP contribution in [0, 0.1) is 0 Å². The SMILES string of the molecule is CCn1cccc1CNC(C)c1ccncc1. The van der Waals surface area contributed by atoms with Gasteiger partial charge in [0.15, 0.2) is 0 Å². The van der Waals surface area contributed by atoms with Crippen molar-refractivity contribution in [1.29, 1.82) is 0 Å². The zero-order chi connectivity index (χ0) is 12.1. The summed E-state index contributed by atoms with van der Waals surface area (Å²) in [6.07, 6.45) is 5.79. The maximum absolute atomic E-state index is 4.03. The fourth-order valence-corrected chi connectivity index (χ4v) is 1.95. The highest BCUT2D eigenvalue weighted by molar-refractivity contribution is 5.14. The van der Waals surface area contributed by atoms with Gasteiger partial charge in [-0.15, -0.1) is 0 Å². The van der Waals surface area contributed by atoms with Crippen LogP contribution in [0.25, 0.3) is 0 Å². The Morgan fingerprint density at radius 3 is 2.76 bits per heavy atom. The fraction of sp³-hybridized carbons (Fsp3) is 0.357. The van der Waals surface area contributed by atoms with E-state index in [4.69, 9.17) is 0 Å². The zero-order valence-corrected chi connectivity index (χ0v) is 10.4. The van der Waals surface area contributed by atoms with Crippen molar-refractivity contribution >= 4 is 0 Å². The second-order valence-electron chi connectivity index (χ2n) is 4.17. The van der Waals surface area contributed by atoms with E-state index in [1.54, 1.807) is 0 Å². The second kappa shape index (κ2) is 5.64. The lowest BCUT2D eigenvalue weighted by Crippen LogP contribution is -2.19. The van der Waals surface area contributed by atoms with E-state index in [1.165, 1.54) is 11.3 Å². The summed E-state index contributed by atoms with van der Waals surface area (Å²) in [4.78, 5) is 4.03. The van der Waals surface area contributed by atoms with E-state index in [1.807, 2.05) is 12.4 Å². The van der Waals surface area contributed by atoms with Crippen molar-refractivity contribution in [3.05, 3.63) is 54.1 Å². The number of pyridine rings is 1. The van der Waals surface area contributed by atoms with Crippen molar-refractivity contribution < 1.29 is 0 Å². The van der Waals surface area contributed by atoms with Gasteiger partial charge in [0.25, 0.3) is 0 Å². The Balaban J connectivity index is 1.95. The van der Waals surface area contributed by atoms with Crippen LogP contribution in [0.1, 0.15) is 31.1 Å². The van der Waals surface area contributed by atoms with Crippen molar-refractivity contribution in [3.8, 4) is 0 Å². The molecule has 1 unspecified atom stereocenters. The number of aryl methyl sites for hydroxylation is 1. The summed E-state index contributed by atoms with van der Waals surface area (Å²) >= 11 is 0. The third-order valence-electron chi connectivity index (χ3n) is 3.06. The fourth-order valence-electron chi connectivity index (χ4n) is 1.95. The van der Waals surface area contributed by atoms with Crippen molar-refractivity contribution in [2.75, 3.05) is 0 Å². The third kappa shape index (κ3) is 2.94. The van der Waals surface area contributed by atoms with E-state index < -0.39 is 0 Å². The normalized spacial score (nSPS) is 12.6. The van der Waals surface area contributed by atoms with Crippen LogP contribution in [0.5, 0.6) is 0 Å². The lowest BCUT2D eigenvalue weighted by molar-refractivity contribution is 0.549. The van der Waals surface area contributed by atoms with Gasteiger partial charge in [-0.3, -0.25) is 4.98 Å². The summed E-state index contributed by atoms with van der Waals surface area (Å²) in [5, 5.41) is 3.53. The molecule has 2 heterocycles. The van der Waals surface area contributed by atoms with E-state index in [-0.39, 0.29) is 0 Å². The molecule has 2 aromatic heterocycles. The molecule has 0 aliphatic rings. The summed E-state index contributed by atoms with van der Waals surface area (Å²) in [6.45, 7) is 6.25. The number of hydrogen-bond donors (Lipinski definition) is 1. The van der Waals surface area contributed by atoms with Gasteiger partial charge in [0.1, 0.15) is 0 Å². The van der Waals surface area contributed by atoms with Crippen LogP contribution in [-0.4, -0.2) is 9.55 Å². The van der Waals surface area contributed by atoms with Gasteiger partial charge < -0.3 is 9.88 Å². The second-order valence-corrected chi connectivity index (χ2v) is 4.17. The molecule has 3 heteroatoms. The molecule has 1 N–H and O–H groups in total. The Morgan fingerprint density at radius 2 is 2.06 bits per heavy atom. The molecule has 17 heavy (non-hydrogen) atoms. The summed E-state index contributed by atoms with van der Waals surface area (Å²) in [5.74, 6) is 0. The quantitative estimate of drug-likeness (QED) is 0.854. The maximum atomic E-state index is 4.03. The first-order valence-electron chi connectivity index (χ1n) is 6.08. The largest absolute Gasteiger partial charge is 0.351 e. The molecule has 0 saturated heterocycles. The van der Waals surface area contributed by atoms with Crippen LogP contribution < -0.4 is 5.32 Å². The van der Waals surface area contributed by atoms with E-state index in [2.05, 4.69) is 59.2 Å². The molecule has 1 atom stereocenters. The minimum Gasteiger partial charge on any atom is -0.351 e. The number of nitrogens with zero attached hydrogens (tertiary/aromatic N) is 2. The topological polar surface area (TPSA) is 29.9 Å². The van der Waals surface area contributed by atoms with Gasteiger partial charge in [-0.25, -0.2) is 0 Å². The molecule has 0 radical (unpaired) electrons. The van der Waals surface area contributed by atoms with Crippen LogP contribution in [0.4, 0.5) is 0 Å². The highest BCUT2D eigenvalue weighted by Gasteiger charge is 2.05. The predicted molar refractivity (Wildman–Crippen MR) is 69.6 cm³/mol. The Kier molecular flexibility index (Phi) is 3.94. The minimum atomic E-state index is 0.346. The number of hydrogen-bond acceptors (Lipinski definition) is 2. The van der Waals surface area contributed by atoms with Crippen molar-refractivity contribution in [2.45, 2.75) is 33.0 Å². The van der Waals surface area contributed by atoms with Crippen LogP contribution in [-0.2, 0) is 13.1 Å². The first kappa shape index (κ1) is 11.9. The van der Waals surface area contributed by atoms with Gasteiger partial charge in [0.2, 0.25) is 0 Å². The molecule has 2 aromatic rings. The maximum Gasteiger partial charge on any atom is 0.0364 e. The number of aromatic nitrogens is 2. The molecule has 0 aliphatic carbocycles. The summed E-state index contributed by atoms with van der Waals surface area (Å²) in [7, 11) is 0. The Bertz CT molecular complexity index is 448. The van der Waals surface area contributed by atoms with E-state index >= 15 is 0 Å². The van der Waals surface area contributed by atoms with Gasteiger partial charge in [-0.1, -0.05) is 0 Å². The highest BCUT2D eigenvalue weighted by atomic mass is 15.0. The third-order valence-corrected chi connectivity index (χ3v) is 3.06. The molecule has 2 rings (SSSR count). The molecule has 0 amide bonds. The molecule has 0 bridgehead atoms. The average Bonchev–Trinajstić information content (AvgIpc) is 2.84. The van der Waals surface area contributed by atoms with Crippen LogP contribution in [0.3, 0.4) is 0 Å². The summed E-state index contributed by atoms with van der Waals surface area (Å²) in [5.41, 5.74) is 2.60. The van der Waals surface area contributed by atoms with Crippen molar-refractivity contribution in [3.63, 3.8) is 0 Å². The smallest absolute Gasteiger partial charge is 0.0364 e. The van der Waals surface area contributed by atoms with E-state index in [9.17, 15) is 0 Å².